The molecule has 0 radical (unpaired) electrons. The molecule has 0 aliphatic heterocycles. The number of carbonyl (C=O) groups is 1. The van der Waals surface area contributed by atoms with Crippen molar-refractivity contribution in [2.45, 2.75) is 4.90 Å². The number of hydrogen-bond donors (Lipinski definition) is 1. The van der Waals surface area contributed by atoms with Crippen LogP contribution in [0.1, 0.15) is 0 Å². The van der Waals surface area contributed by atoms with Crippen LogP contribution in [0.2, 0.25) is 0 Å². The zero-order valence-electron chi connectivity index (χ0n) is 15.9. The van der Waals surface area contributed by atoms with E-state index < -0.39 is 34.1 Å². The minimum atomic E-state index is -4.23. The molecule has 0 spiro atoms. The molecule has 3 aromatic rings. The Morgan fingerprint density at radius 3 is 2.10 bits per heavy atom. The third-order valence-electron chi connectivity index (χ3n) is 4.17. The van der Waals surface area contributed by atoms with Crippen LogP contribution in [0.5, 0.6) is 5.75 Å². The molecule has 0 aromatic heterocycles. The Morgan fingerprint density at radius 1 is 0.933 bits per heavy atom. The van der Waals surface area contributed by atoms with E-state index in [4.69, 9.17) is 4.74 Å². The SMILES string of the molecule is COc1ccccc1N(CC(=O)Nc1ccc(F)cc1)S(=O)(=O)c1ccc(F)cc1. The fourth-order valence-corrected chi connectivity index (χ4v) is 4.16. The third kappa shape index (κ3) is 4.74. The first-order valence-corrected chi connectivity index (χ1v) is 10.2. The van der Waals surface area contributed by atoms with E-state index >= 15 is 0 Å². The molecule has 3 aromatic carbocycles. The molecule has 3 rings (SSSR count). The topological polar surface area (TPSA) is 75.7 Å². The number of anilines is 2. The second-order valence-corrected chi connectivity index (χ2v) is 8.05. The van der Waals surface area contributed by atoms with Gasteiger partial charge in [-0.05, 0) is 60.7 Å². The van der Waals surface area contributed by atoms with Crippen molar-refractivity contribution in [1.29, 1.82) is 0 Å². The second kappa shape index (κ2) is 8.91. The van der Waals surface area contributed by atoms with Gasteiger partial charge in [0.05, 0.1) is 17.7 Å². The minimum absolute atomic E-state index is 0.138. The number of carbonyl (C=O) groups excluding carboxylic acids is 1. The van der Waals surface area contributed by atoms with E-state index in [0.717, 1.165) is 28.6 Å². The highest BCUT2D eigenvalue weighted by atomic mass is 32.2. The molecule has 0 bridgehead atoms. The lowest BCUT2D eigenvalue weighted by atomic mass is 10.3. The fraction of sp³-hybridized carbons (Fsp3) is 0.0952. The molecular formula is C21H18F2N2O4S. The minimum Gasteiger partial charge on any atom is -0.495 e. The number of methoxy groups -OCH3 is 1. The average Bonchev–Trinajstić information content (AvgIpc) is 2.74. The zero-order chi connectivity index (χ0) is 21.7. The molecule has 9 heteroatoms. The number of amides is 1. The summed E-state index contributed by atoms with van der Waals surface area (Å²) in [6.07, 6.45) is 0. The van der Waals surface area contributed by atoms with Gasteiger partial charge < -0.3 is 10.1 Å². The van der Waals surface area contributed by atoms with Crippen LogP contribution in [-0.4, -0.2) is 28.0 Å². The van der Waals surface area contributed by atoms with Crippen LogP contribution in [0.3, 0.4) is 0 Å². The molecule has 0 heterocycles. The van der Waals surface area contributed by atoms with E-state index in [1.165, 1.54) is 37.4 Å². The van der Waals surface area contributed by atoms with Gasteiger partial charge in [0.2, 0.25) is 5.91 Å². The van der Waals surface area contributed by atoms with Crippen molar-refractivity contribution < 1.29 is 26.7 Å². The maximum Gasteiger partial charge on any atom is 0.264 e. The zero-order valence-corrected chi connectivity index (χ0v) is 16.7. The van der Waals surface area contributed by atoms with Gasteiger partial charge in [-0.2, -0.15) is 0 Å². The predicted octanol–water partition coefficient (Wildman–Crippen LogP) is 3.81. The van der Waals surface area contributed by atoms with Gasteiger partial charge in [0.25, 0.3) is 10.0 Å². The van der Waals surface area contributed by atoms with Crippen LogP contribution in [0.4, 0.5) is 20.2 Å². The maximum atomic E-state index is 13.3. The Hall–Kier alpha value is -3.46. The quantitative estimate of drug-likeness (QED) is 0.616. The Kier molecular flexibility index (Phi) is 6.31. The largest absolute Gasteiger partial charge is 0.495 e. The van der Waals surface area contributed by atoms with Gasteiger partial charge in [0.1, 0.15) is 23.9 Å². The van der Waals surface area contributed by atoms with E-state index in [0.29, 0.717) is 5.69 Å². The fourth-order valence-electron chi connectivity index (χ4n) is 2.73. The van der Waals surface area contributed by atoms with Crippen molar-refractivity contribution in [3.63, 3.8) is 0 Å². The van der Waals surface area contributed by atoms with E-state index in [9.17, 15) is 22.0 Å². The van der Waals surface area contributed by atoms with Crippen LogP contribution in [0, 0.1) is 11.6 Å². The standard InChI is InChI=1S/C21H18F2N2O4S/c1-29-20-5-3-2-4-19(20)25(30(27,28)18-12-8-16(23)9-13-18)14-21(26)24-17-10-6-15(22)7-11-17/h2-13H,14H2,1H3,(H,24,26). The average molecular weight is 432 g/mol. The third-order valence-corrected chi connectivity index (χ3v) is 5.94. The molecule has 0 aliphatic carbocycles. The summed E-state index contributed by atoms with van der Waals surface area (Å²) in [6, 6.07) is 15.6. The molecule has 156 valence electrons. The Bertz CT molecular complexity index is 1130. The molecule has 6 nitrogen and oxygen atoms in total. The first-order chi connectivity index (χ1) is 14.3. The maximum absolute atomic E-state index is 13.3. The van der Waals surface area contributed by atoms with Crippen LogP contribution >= 0.6 is 0 Å². The normalized spacial score (nSPS) is 11.0. The summed E-state index contributed by atoms with van der Waals surface area (Å²) in [5.41, 5.74) is 0.444. The lowest BCUT2D eigenvalue weighted by molar-refractivity contribution is -0.114. The van der Waals surface area contributed by atoms with Crippen LogP contribution in [-0.2, 0) is 14.8 Å². The van der Waals surface area contributed by atoms with Gasteiger partial charge in [-0.3, -0.25) is 9.10 Å². The molecule has 0 atom stereocenters. The number of nitrogens with one attached hydrogen (secondary N) is 1. The molecular weight excluding hydrogens is 414 g/mol. The first-order valence-electron chi connectivity index (χ1n) is 8.78. The van der Waals surface area contributed by atoms with Gasteiger partial charge in [0.15, 0.2) is 0 Å². The van der Waals surface area contributed by atoms with Crippen molar-refractivity contribution in [2.75, 3.05) is 23.3 Å². The lowest BCUT2D eigenvalue weighted by Crippen LogP contribution is -2.38. The Labute approximate surface area is 172 Å². The van der Waals surface area contributed by atoms with Crippen molar-refractivity contribution in [2.24, 2.45) is 0 Å². The van der Waals surface area contributed by atoms with E-state index in [1.54, 1.807) is 18.2 Å². The second-order valence-electron chi connectivity index (χ2n) is 6.19. The van der Waals surface area contributed by atoms with Gasteiger partial charge >= 0.3 is 0 Å². The molecule has 1 N–H and O–H groups in total. The van der Waals surface area contributed by atoms with E-state index in [-0.39, 0.29) is 16.3 Å². The van der Waals surface area contributed by atoms with Crippen molar-refractivity contribution in [1.82, 2.24) is 0 Å². The number of benzene rings is 3. The van der Waals surface area contributed by atoms with Gasteiger partial charge in [-0.15, -0.1) is 0 Å². The summed E-state index contributed by atoms with van der Waals surface area (Å²) >= 11 is 0. The number of ether oxygens (including phenoxy) is 1. The molecule has 0 saturated heterocycles. The van der Waals surface area contributed by atoms with Crippen molar-refractivity contribution >= 4 is 27.3 Å². The molecule has 0 aliphatic rings. The summed E-state index contributed by atoms with van der Waals surface area (Å²) < 4.78 is 59.0. The molecule has 0 unspecified atom stereocenters. The number of hydrogen-bond acceptors (Lipinski definition) is 4. The highest BCUT2D eigenvalue weighted by Crippen LogP contribution is 2.32. The van der Waals surface area contributed by atoms with E-state index in [1.807, 2.05) is 0 Å². The predicted molar refractivity (Wildman–Crippen MR) is 109 cm³/mol. The van der Waals surface area contributed by atoms with Gasteiger partial charge in [-0.25, -0.2) is 17.2 Å². The van der Waals surface area contributed by atoms with Crippen LogP contribution in [0.25, 0.3) is 0 Å². The van der Waals surface area contributed by atoms with Gasteiger partial charge in [-0.1, -0.05) is 12.1 Å². The number of halogens is 2. The Morgan fingerprint density at radius 2 is 1.50 bits per heavy atom. The summed E-state index contributed by atoms with van der Waals surface area (Å²) in [6.45, 7) is -0.586. The summed E-state index contributed by atoms with van der Waals surface area (Å²) in [7, 11) is -2.86. The van der Waals surface area contributed by atoms with Crippen LogP contribution < -0.4 is 14.4 Å². The van der Waals surface area contributed by atoms with Gasteiger partial charge in [0, 0.05) is 5.69 Å². The van der Waals surface area contributed by atoms with Crippen LogP contribution in [0.15, 0.2) is 77.7 Å². The summed E-state index contributed by atoms with van der Waals surface area (Å²) in [5, 5.41) is 2.53. The summed E-state index contributed by atoms with van der Waals surface area (Å²) in [5.74, 6) is -1.48. The highest BCUT2D eigenvalue weighted by molar-refractivity contribution is 7.92. The molecule has 0 fully saturated rings. The van der Waals surface area contributed by atoms with Crippen molar-refractivity contribution in [3.05, 3.63) is 84.4 Å². The van der Waals surface area contributed by atoms with Crippen molar-refractivity contribution in [3.8, 4) is 5.75 Å². The molecule has 30 heavy (non-hydrogen) atoms. The number of rotatable bonds is 7. The Balaban J connectivity index is 1.98. The lowest BCUT2D eigenvalue weighted by Gasteiger charge is -2.25. The van der Waals surface area contributed by atoms with E-state index in [2.05, 4.69) is 5.32 Å². The number of nitrogens with zero attached hydrogens (tertiary/aromatic N) is 1. The molecule has 0 saturated carbocycles. The first kappa shape index (κ1) is 21.3. The number of para-hydroxylation sites is 2. The smallest absolute Gasteiger partial charge is 0.264 e. The molecule has 1 amide bonds. The summed E-state index contributed by atoms with van der Waals surface area (Å²) in [4.78, 5) is 12.4. The number of sulfonamides is 1. The highest BCUT2D eigenvalue weighted by Gasteiger charge is 2.29. The monoisotopic (exact) mass is 432 g/mol.